The first-order chi connectivity index (χ1) is 18.1. The van der Waals surface area contributed by atoms with E-state index in [4.69, 9.17) is 4.74 Å². The minimum atomic E-state index is -4.45. The summed E-state index contributed by atoms with van der Waals surface area (Å²) in [6, 6.07) is 30.9. The molecule has 5 nitrogen and oxygen atoms in total. The number of esters is 1. The number of benzene rings is 4. The Morgan fingerprint density at radius 3 is 1.53 bits per heavy atom. The lowest BCUT2D eigenvalue weighted by Gasteiger charge is -2.19. The molecule has 0 bridgehead atoms. The Labute approximate surface area is 227 Å². The molecule has 0 heterocycles. The highest BCUT2D eigenvalue weighted by Crippen LogP contribution is 2.36. The molecule has 0 saturated heterocycles. The van der Waals surface area contributed by atoms with E-state index in [1.165, 1.54) is 21.9 Å². The molecule has 1 N–H and O–H groups in total. The first-order valence-corrected chi connectivity index (χ1v) is 15.0. The molecule has 0 spiro atoms. The maximum absolute atomic E-state index is 13.1. The summed E-state index contributed by atoms with van der Waals surface area (Å²) in [7, 11) is -4.78. The Morgan fingerprint density at radius 1 is 0.711 bits per heavy atom. The predicted molar refractivity (Wildman–Crippen MR) is 151 cm³/mol. The summed E-state index contributed by atoms with van der Waals surface area (Å²) in [5, 5.41) is 0. The fraction of sp³-hybridized carbons (Fsp3) is 0.194. The maximum Gasteiger partial charge on any atom is 0.343 e. The van der Waals surface area contributed by atoms with Crippen LogP contribution in [0.25, 0.3) is 0 Å². The molecule has 0 aliphatic carbocycles. The van der Waals surface area contributed by atoms with E-state index in [2.05, 4.69) is 24.3 Å². The Hall–Kier alpha value is -3.39. The van der Waals surface area contributed by atoms with Crippen LogP contribution in [0.5, 0.6) is 5.75 Å². The molecule has 4 aromatic rings. The third kappa shape index (κ3) is 6.18. The largest absolute Gasteiger partial charge is 0.423 e. The predicted octanol–water partition coefficient (Wildman–Crippen LogP) is 7.49. The Bertz CT molecular complexity index is 1440. The Morgan fingerprint density at radius 2 is 1.13 bits per heavy atom. The van der Waals surface area contributed by atoms with Gasteiger partial charge in [0.25, 0.3) is 10.1 Å². The van der Waals surface area contributed by atoms with Crippen molar-refractivity contribution >= 4 is 27.0 Å². The van der Waals surface area contributed by atoms with Crippen LogP contribution in [0.1, 0.15) is 61.0 Å². The fourth-order valence-corrected chi connectivity index (χ4v) is 7.54. The summed E-state index contributed by atoms with van der Waals surface area (Å²) in [5.41, 5.74) is 1.20. The van der Waals surface area contributed by atoms with E-state index in [1.54, 1.807) is 12.1 Å². The van der Waals surface area contributed by atoms with E-state index < -0.39 is 16.1 Å². The van der Waals surface area contributed by atoms with E-state index in [1.807, 2.05) is 76.2 Å². The zero-order valence-corrected chi connectivity index (χ0v) is 23.4. The summed E-state index contributed by atoms with van der Waals surface area (Å²) in [5.74, 6) is -0.723. The second-order valence-corrected chi connectivity index (χ2v) is 12.9. The molecule has 0 aromatic heterocycles. The lowest BCUT2D eigenvalue weighted by Crippen LogP contribution is -2.13. The second kappa shape index (κ2) is 11.6. The molecular weight excluding hydrogens is 516 g/mol. The number of carbonyl (C=O) groups is 1. The number of carbonyl (C=O) groups excluding carboxylic acids is 1. The van der Waals surface area contributed by atoms with Crippen LogP contribution in [0.15, 0.2) is 117 Å². The van der Waals surface area contributed by atoms with Gasteiger partial charge in [0.1, 0.15) is 10.6 Å². The van der Waals surface area contributed by atoms with Crippen molar-refractivity contribution < 1.29 is 22.5 Å². The van der Waals surface area contributed by atoms with Crippen LogP contribution in [-0.4, -0.2) is 18.9 Å². The fourth-order valence-electron chi connectivity index (χ4n) is 4.27. The Balaban J connectivity index is 1.66. The average molecular weight is 548 g/mol. The molecule has 196 valence electrons. The highest BCUT2D eigenvalue weighted by Gasteiger charge is 2.29. The first-order valence-electron chi connectivity index (χ1n) is 12.4. The summed E-state index contributed by atoms with van der Waals surface area (Å²) < 4.78 is 40.0. The van der Waals surface area contributed by atoms with Gasteiger partial charge in [-0.2, -0.15) is 8.42 Å². The van der Waals surface area contributed by atoms with E-state index in [0.717, 1.165) is 4.90 Å². The molecule has 0 aliphatic heterocycles. The topological polar surface area (TPSA) is 80.7 Å². The summed E-state index contributed by atoms with van der Waals surface area (Å²) in [4.78, 5) is 16.4. The zero-order valence-electron chi connectivity index (χ0n) is 21.8. The van der Waals surface area contributed by atoms with Gasteiger partial charge in [-0.1, -0.05) is 64.1 Å². The molecule has 7 heteroatoms. The highest BCUT2D eigenvalue weighted by molar-refractivity contribution is 7.97. The normalized spacial score (nSPS) is 11.8. The van der Waals surface area contributed by atoms with Crippen molar-refractivity contribution in [1.29, 1.82) is 0 Å². The van der Waals surface area contributed by atoms with Crippen molar-refractivity contribution in [3.63, 3.8) is 0 Å². The monoisotopic (exact) mass is 547 g/mol. The number of rotatable bonds is 8. The van der Waals surface area contributed by atoms with Crippen LogP contribution >= 0.6 is 0 Å². The number of hydrogen-bond donors (Lipinski definition) is 1. The first kappa shape index (κ1) is 27.6. The summed E-state index contributed by atoms with van der Waals surface area (Å²) in [6.07, 6.45) is 0. The highest BCUT2D eigenvalue weighted by atomic mass is 32.2. The molecule has 0 saturated carbocycles. The van der Waals surface area contributed by atoms with Crippen molar-refractivity contribution in [2.24, 2.45) is 0 Å². The standard InChI is InChI=1S/C31H30O5S2/c1-21(2)28-19-24(20-29(22(3)4)30(28)38(33,34)35)36-31(32)23-15-17-27(18-16-23)37(25-11-7-5-8-12-25)26-13-9-6-10-14-26/h5-22H,1-4H3/p+1. The van der Waals surface area contributed by atoms with Gasteiger partial charge < -0.3 is 4.74 Å². The molecule has 0 amide bonds. The van der Waals surface area contributed by atoms with Crippen LogP contribution in [0.4, 0.5) is 0 Å². The van der Waals surface area contributed by atoms with Gasteiger partial charge in [-0.25, -0.2) is 4.79 Å². The van der Waals surface area contributed by atoms with E-state index in [9.17, 15) is 17.8 Å². The third-order valence-electron chi connectivity index (χ3n) is 6.12. The maximum atomic E-state index is 13.1. The van der Waals surface area contributed by atoms with Crippen molar-refractivity contribution in [2.75, 3.05) is 0 Å². The summed E-state index contributed by atoms with van der Waals surface area (Å²) in [6.45, 7) is 7.31. The van der Waals surface area contributed by atoms with Gasteiger partial charge in [-0.3, -0.25) is 4.55 Å². The van der Waals surface area contributed by atoms with Crippen molar-refractivity contribution in [3.05, 3.63) is 114 Å². The quantitative estimate of drug-likeness (QED) is 0.107. The lowest BCUT2D eigenvalue weighted by molar-refractivity contribution is 0.0734. The molecule has 4 rings (SSSR count). The van der Waals surface area contributed by atoms with Crippen LogP contribution in [0, 0.1) is 0 Å². The zero-order chi connectivity index (χ0) is 27.4. The number of ether oxygens (including phenoxy) is 1. The van der Waals surface area contributed by atoms with Crippen molar-refractivity contribution in [1.82, 2.24) is 0 Å². The van der Waals surface area contributed by atoms with Crippen molar-refractivity contribution in [2.45, 2.75) is 59.1 Å². The summed E-state index contributed by atoms with van der Waals surface area (Å²) >= 11 is 0. The molecule has 38 heavy (non-hydrogen) atoms. The van der Waals surface area contributed by atoms with Gasteiger partial charge >= 0.3 is 5.97 Å². The molecule has 0 aliphatic rings. The van der Waals surface area contributed by atoms with E-state index in [0.29, 0.717) is 16.7 Å². The van der Waals surface area contributed by atoms with Gasteiger partial charge in [0.2, 0.25) is 0 Å². The van der Waals surface area contributed by atoms with E-state index in [-0.39, 0.29) is 33.4 Å². The minimum Gasteiger partial charge on any atom is -0.423 e. The Kier molecular flexibility index (Phi) is 8.41. The van der Waals surface area contributed by atoms with Crippen LogP contribution in [0.2, 0.25) is 0 Å². The third-order valence-corrected chi connectivity index (χ3v) is 9.33. The second-order valence-electron chi connectivity index (χ2n) is 9.56. The molecule has 0 unspecified atom stereocenters. The van der Waals surface area contributed by atoms with Gasteiger partial charge in [0.15, 0.2) is 14.7 Å². The molecule has 0 radical (unpaired) electrons. The molecule has 0 fully saturated rings. The average Bonchev–Trinajstić information content (AvgIpc) is 2.89. The minimum absolute atomic E-state index is 0.111. The van der Waals surface area contributed by atoms with Gasteiger partial charge in [0.05, 0.1) is 16.5 Å². The van der Waals surface area contributed by atoms with E-state index >= 15 is 0 Å². The van der Waals surface area contributed by atoms with Crippen LogP contribution < -0.4 is 4.74 Å². The lowest BCUT2D eigenvalue weighted by atomic mass is 9.95. The SMILES string of the molecule is CC(C)c1cc(OC(=O)c2ccc([S+](c3ccccc3)c3ccccc3)cc2)cc(C(C)C)c1S(=O)(=O)O. The van der Waals surface area contributed by atoms with Gasteiger partial charge in [-0.05, 0) is 83.6 Å². The molecule has 4 aromatic carbocycles. The van der Waals surface area contributed by atoms with Crippen LogP contribution in [-0.2, 0) is 21.0 Å². The molecule has 0 atom stereocenters. The van der Waals surface area contributed by atoms with Gasteiger partial charge in [-0.15, -0.1) is 0 Å². The van der Waals surface area contributed by atoms with Crippen LogP contribution in [0.3, 0.4) is 0 Å². The molecular formula is C31H31O5S2+. The smallest absolute Gasteiger partial charge is 0.343 e. The number of hydrogen-bond acceptors (Lipinski definition) is 4. The van der Waals surface area contributed by atoms with Crippen molar-refractivity contribution in [3.8, 4) is 5.75 Å². The van der Waals surface area contributed by atoms with Gasteiger partial charge in [0, 0.05) is 0 Å².